The Balaban J connectivity index is 2.31. The van der Waals surface area contributed by atoms with Gasteiger partial charge in [0.1, 0.15) is 23.3 Å². The summed E-state index contributed by atoms with van der Waals surface area (Å²) in [6.07, 6.45) is 0. The molecule has 0 saturated carbocycles. The van der Waals surface area contributed by atoms with Crippen LogP contribution in [0.2, 0.25) is 0 Å². The van der Waals surface area contributed by atoms with Crippen LogP contribution in [0, 0.1) is 19.7 Å². The molecule has 0 unspecified atom stereocenters. The summed E-state index contributed by atoms with van der Waals surface area (Å²) in [5, 5.41) is 6.38. The van der Waals surface area contributed by atoms with Gasteiger partial charge in [-0.15, -0.1) is 0 Å². The van der Waals surface area contributed by atoms with Crippen molar-refractivity contribution in [2.45, 2.75) is 20.8 Å². The zero-order valence-corrected chi connectivity index (χ0v) is 11.3. The van der Waals surface area contributed by atoms with E-state index < -0.39 is 0 Å². The third-order valence-corrected chi connectivity index (χ3v) is 2.71. The van der Waals surface area contributed by atoms with Gasteiger partial charge < -0.3 is 10.6 Å². The molecule has 1 aromatic carbocycles. The van der Waals surface area contributed by atoms with Gasteiger partial charge >= 0.3 is 0 Å². The van der Waals surface area contributed by atoms with Gasteiger partial charge in [-0.05, 0) is 45.0 Å². The van der Waals surface area contributed by atoms with Crippen LogP contribution in [0.4, 0.5) is 21.7 Å². The number of hydrogen-bond acceptors (Lipinski definition) is 4. The van der Waals surface area contributed by atoms with Gasteiger partial charge in [-0.1, -0.05) is 0 Å². The van der Waals surface area contributed by atoms with Crippen LogP contribution in [0.3, 0.4) is 0 Å². The maximum atomic E-state index is 12.9. The second-order valence-electron chi connectivity index (χ2n) is 4.26. The van der Waals surface area contributed by atoms with Crippen molar-refractivity contribution in [1.82, 2.24) is 9.97 Å². The average molecular weight is 260 g/mol. The number of halogens is 1. The summed E-state index contributed by atoms with van der Waals surface area (Å²) in [5.41, 5.74) is 1.74. The normalized spacial score (nSPS) is 10.3. The van der Waals surface area contributed by atoms with Gasteiger partial charge in [0.2, 0.25) is 0 Å². The van der Waals surface area contributed by atoms with Gasteiger partial charge in [-0.3, -0.25) is 0 Å². The predicted octanol–water partition coefficient (Wildman–Crippen LogP) is 3.41. The van der Waals surface area contributed by atoms with Crippen molar-refractivity contribution in [2.24, 2.45) is 0 Å². The Morgan fingerprint density at radius 3 is 2.32 bits per heavy atom. The smallest absolute Gasteiger partial charge is 0.139 e. The maximum Gasteiger partial charge on any atom is 0.139 e. The van der Waals surface area contributed by atoms with E-state index in [0.717, 1.165) is 29.4 Å². The number of benzene rings is 1. The standard InChI is InChI=1S/C14H17FN4/c1-4-16-13-9(2)14(18-10(3)17-13)19-12-7-5-11(15)6-8-12/h5-8H,4H2,1-3H3,(H2,16,17,18,19). The second kappa shape index (κ2) is 5.65. The van der Waals surface area contributed by atoms with Crippen LogP contribution >= 0.6 is 0 Å². The maximum absolute atomic E-state index is 12.9. The quantitative estimate of drug-likeness (QED) is 0.884. The highest BCUT2D eigenvalue weighted by molar-refractivity contribution is 5.64. The van der Waals surface area contributed by atoms with Crippen molar-refractivity contribution in [3.8, 4) is 0 Å². The fourth-order valence-electron chi connectivity index (χ4n) is 1.76. The summed E-state index contributed by atoms with van der Waals surface area (Å²) in [5.74, 6) is 1.98. The van der Waals surface area contributed by atoms with Gasteiger partial charge in [-0.2, -0.15) is 0 Å². The first-order chi connectivity index (χ1) is 9.10. The fraction of sp³-hybridized carbons (Fsp3) is 0.286. The molecule has 0 aliphatic carbocycles. The molecule has 0 fully saturated rings. The molecule has 0 spiro atoms. The Morgan fingerprint density at radius 1 is 1.05 bits per heavy atom. The minimum absolute atomic E-state index is 0.255. The number of rotatable bonds is 4. The molecule has 0 atom stereocenters. The van der Waals surface area contributed by atoms with Crippen molar-refractivity contribution >= 4 is 17.3 Å². The molecule has 4 nitrogen and oxygen atoms in total. The third kappa shape index (κ3) is 3.19. The molecule has 100 valence electrons. The van der Waals surface area contributed by atoms with E-state index in [1.54, 1.807) is 12.1 Å². The predicted molar refractivity (Wildman–Crippen MR) is 75.4 cm³/mol. The first kappa shape index (κ1) is 13.3. The molecule has 1 aromatic heterocycles. The molecule has 0 amide bonds. The van der Waals surface area contributed by atoms with Gasteiger partial charge in [-0.25, -0.2) is 14.4 Å². The Kier molecular flexibility index (Phi) is 3.94. The molecule has 19 heavy (non-hydrogen) atoms. The molecule has 0 saturated heterocycles. The lowest BCUT2D eigenvalue weighted by atomic mass is 10.2. The number of nitrogens with one attached hydrogen (secondary N) is 2. The van der Waals surface area contributed by atoms with Gasteiger partial charge in [0.25, 0.3) is 0 Å². The molecule has 0 bridgehead atoms. The van der Waals surface area contributed by atoms with E-state index in [1.165, 1.54) is 12.1 Å². The largest absolute Gasteiger partial charge is 0.370 e. The van der Waals surface area contributed by atoms with Crippen LogP contribution in [0.15, 0.2) is 24.3 Å². The van der Waals surface area contributed by atoms with Crippen LogP contribution < -0.4 is 10.6 Å². The third-order valence-electron chi connectivity index (χ3n) is 2.71. The van der Waals surface area contributed by atoms with Crippen molar-refractivity contribution in [2.75, 3.05) is 17.2 Å². The Bertz CT molecular complexity index is 566. The molecular weight excluding hydrogens is 243 g/mol. The van der Waals surface area contributed by atoms with Crippen LogP contribution in [-0.2, 0) is 0 Å². The molecule has 5 heteroatoms. The number of hydrogen-bond donors (Lipinski definition) is 2. The zero-order chi connectivity index (χ0) is 13.8. The highest BCUT2D eigenvalue weighted by atomic mass is 19.1. The summed E-state index contributed by atoms with van der Waals surface area (Å²) in [7, 11) is 0. The minimum Gasteiger partial charge on any atom is -0.370 e. The number of aryl methyl sites for hydroxylation is 1. The van der Waals surface area contributed by atoms with Crippen molar-refractivity contribution in [1.29, 1.82) is 0 Å². The lowest BCUT2D eigenvalue weighted by Crippen LogP contribution is -2.07. The van der Waals surface area contributed by atoms with Gasteiger partial charge in [0, 0.05) is 17.8 Å². The molecular formula is C14H17FN4. The van der Waals surface area contributed by atoms with E-state index in [-0.39, 0.29) is 5.82 Å². The first-order valence-corrected chi connectivity index (χ1v) is 6.22. The van der Waals surface area contributed by atoms with E-state index in [1.807, 2.05) is 20.8 Å². The number of aromatic nitrogens is 2. The molecule has 0 aliphatic heterocycles. The summed E-state index contributed by atoms with van der Waals surface area (Å²) in [6, 6.07) is 6.19. The van der Waals surface area contributed by atoms with E-state index in [4.69, 9.17) is 0 Å². The monoisotopic (exact) mass is 260 g/mol. The Hall–Kier alpha value is -2.17. The molecule has 2 rings (SSSR count). The second-order valence-corrected chi connectivity index (χ2v) is 4.26. The summed E-state index contributed by atoms with van der Waals surface area (Å²) >= 11 is 0. The lowest BCUT2D eigenvalue weighted by Gasteiger charge is -2.13. The van der Waals surface area contributed by atoms with Gasteiger partial charge in [0.15, 0.2) is 0 Å². The topological polar surface area (TPSA) is 49.8 Å². The number of nitrogens with zero attached hydrogens (tertiary/aromatic N) is 2. The average Bonchev–Trinajstić information content (AvgIpc) is 2.38. The van der Waals surface area contributed by atoms with Gasteiger partial charge in [0.05, 0.1) is 0 Å². The Morgan fingerprint density at radius 2 is 1.68 bits per heavy atom. The lowest BCUT2D eigenvalue weighted by molar-refractivity contribution is 0.628. The van der Waals surface area contributed by atoms with Crippen LogP contribution in [0.25, 0.3) is 0 Å². The SMILES string of the molecule is CCNc1nc(C)nc(Nc2ccc(F)cc2)c1C. The highest BCUT2D eigenvalue weighted by Gasteiger charge is 2.08. The summed E-state index contributed by atoms with van der Waals surface area (Å²) < 4.78 is 12.9. The van der Waals surface area contributed by atoms with Crippen LogP contribution in [0.5, 0.6) is 0 Å². The van der Waals surface area contributed by atoms with E-state index in [2.05, 4.69) is 20.6 Å². The van der Waals surface area contributed by atoms with E-state index >= 15 is 0 Å². The van der Waals surface area contributed by atoms with Crippen molar-refractivity contribution < 1.29 is 4.39 Å². The molecule has 2 N–H and O–H groups in total. The van der Waals surface area contributed by atoms with Crippen LogP contribution in [0.1, 0.15) is 18.3 Å². The molecule has 0 radical (unpaired) electrons. The fourth-order valence-corrected chi connectivity index (χ4v) is 1.76. The molecule has 0 aliphatic rings. The summed E-state index contributed by atoms with van der Waals surface area (Å²) in [6.45, 7) is 6.61. The van der Waals surface area contributed by atoms with E-state index in [0.29, 0.717) is 5.82 Å². The summed E-state index contributed by atoms with van der Waals surface area (Å²) in [4.78, 5) is 8.73. The zero-order valence-electron chi connectivity index (χ0n) is 11.3. The number of anilines is 3. The molecule has 2 aromatic rings. The molecule has 1 heterocycles. The minimum atomic E-state index is -0.255. The van der Waals surface area contributed by atoms with E-state index in [9.17, 15) is 4.39 Å². The first-order valence-electron chi connectivity index (χ1n) is 6.22. The Labute approximate surface area is 112 Å². The van der Waals surface area contributed by atoms with Crippen molar-refractivity contribution in [3.63, 3.8) is 0 Å². The highest BCUT2D eigenvalue weighted by Crippen LogP contribution is 2.23. The van der Waals surface area contributed by atoms with Crippen LogP contribution in [-0.4, -0.2) is 16.5 Å². The van der Waals surface area contributed by atoms with Crippen molar-refractivity contribution in [3.05, 3.63) is 41.5 Å².